The second kappa shape index (κ2) is 9.64. The lowest BCUT2D eigenvalue weighted by Gasteiger charge is -2.25. The Bertz CT molecular complexity index is 308. The number of nitrogens with zero attached hydrogens (tertiary/aromatic N) is 3. The maximum atomic E-state index is 12.0. The molecule has 0 aromatic heterocycles. The summed E-state index contributed by atoms with van der Waals surface area (Å²) in [5, 5.41) is 6.68. The smallest absolute Gasteiger partial charge is 0.323 e. The van der Waals surface area contributed by atoms with Crippen molar-refractivity contribution in [2.24, 2.45) is 11.0 Å². The zero-order valence-electron chi connectivity index (χ0n) is 11.7. The summed E-state index contributed by atoms with van der Waals surface area (Å²) in [7, 11) is 0. The Hall–Kier alpha value is -1.26. The molecule has 0 saturated heterocycles. The van der Waals surface area contributed by atoms with Crippen LogP contribution < -0.4 is 5.32 Å². The van der Waals surface area contributed by atoms with Crippen LogP contribution in [0.4, 0.5) is 0 Å². The van der Waals surface area contributed by atoms with E-state index in [1.165, 1.54) is 25.7 Å². The SMILES string of the molecule is CCOC(=O)C(NCCN=[N+]=[N-])C1CCCCCC1. The number of hydrogen-bond acceptors (Lipinski definition) is 4. The van der Waals surface area contributed by atoms with Gasteiger partial charge in [0.2, 0.25) is 0 Å². The zero-order valence-corrected chi connectivity index (χ0v) is 11.7. The molecule has 0 heterocycles. The molecule has 1 N–H and O–H groups in total. The van der Waals surface area contributed by atoms with E-state index >= 15 is 0 Å². The van der Waals surface area contributed by atoms with Gasteiger partial charge in [-0.15, -0.1) is 0 Å². The minimum absolute atomic E-state index is 0.171. The predicted molar refractivity (Wildman–Crippen MR) is 73.6 cm³/mol. The first-order valence-electron chi connectivity index (χ1n) is 7.20. The lowest BCUT2D eigenvalue weighted by Crippen LogP contribution is -2.44. The predicted octanol–water partition coefficient (Wildman–Crippen LogP) is 2.79. The highest BCUT2D eigenvalue weighted by Gasteiger charge is 2.29. The van der Waals surface area contributed by atoms with E-state index in [1.54, 1.807) is 0 Å². The molecule has 0 spiro atoms. The molecule has 1 atom stereocenters. The summed E-state index contributed by atoms with van der Waals surface area (Å²) in [6.07, 6.45) is 7.00. The third-order valence-corrected chi connectivity index (χ3v) is 3.55. The molecular formula is C13H24N4O2. The molecule has 0 radical (unpaired) electrons. The van der Waals surface area contributed by atoms with E-state index in [9.17, 15) is 4.79 Å². The van der Waals surface area contributed by atoms with Crippen molar-refractivity contribution in [2.75, 3.05) is 19.7 Å². The average molecular weight is 268 g/mol. The van der Waals surface area contributed by atoms with E-state index in [-0.39, 0.29) is 12.0 Å². The van der Waals surface area contributed by atoms with Crippen LogP contribution in [0.2, 0.25) is 0 Å². The highest BCUT2D eigenvalue weighted by Crippen LogP contribution is 2.26. The van der Waals surface area contributed by atoms with Crippen LogP contribution in [-0.4, -0.2) is 31.7 Å². The molecule has 1 aliphatic carbocycles. The van der Waals surface area contributed by atoms with Gasteiger partial charge in [0, 0.05) is 18.0 Å². The van der Waals surface area contributed by atoms with Gasteiger partial charge in [-0.2, -0.15) is 0 Å². The van der Waals surface area contributed by atoms with Crippen LogP contribution in [0.5, 0.6) is 0 Å². The zero-order chi connectivity index (χ0) is 13.9. The Balaban J connectivity index is 2.55. The van der Waals surface area contributed by atoms with Crippen molar-refractivity contribution in [3.8, 4) is 0 Å². The van der Waals surface area contributed by atoms with Gasteiger partial charge in [-0.05, 0) is 31.2 Å². The van der Waals surface area contributed by atoms with Crippen LogP contribution in [0.3, 0.4) is 0 Å². The quantitative estimate of drug-likeness (QED) is 0.192. The van der Waals surface area contributed by atoms with Crippen molar-refractivity contribution in [1.82, 2.24) is 5.32 Å². The van der Waals surface area contributed by atoms with E-state index < -0.39 is 0 Å². The van der Waals surface area contributed by atoms with Crippen molar-refractivity contribution in [3.05, 3.63) is 10.4 Å². The highest BCUT2D eigenvalue weighted by atomic mass is 16.5. The number of nitrogens with one attached hydrogen (secondary N) is 1. The fourth-order valence-corrected chi connectivity index (χ4v) is 2.63. The number of carbonyl (C=O) groups is 1. The average Bonchev–Trinajstić information content (AvgIpc) is 2.68. The Kier molecular flexibility index (Phi) is 8.02. The fraction of sp³-hybridized carbons (Fsp3) is 0.923. The van der Waals surface area contributed by atoms with Crippen molar-refractivity contribution in [2.45, 2.75) is 51.5 Å². The number of esters is 1. The van der Waals surface area contributed by atoms with Gasteiger partial charge >= 0.3 is 5.97 Å². The molecule has 108 valence electrons. The van der Waals surface area contributed by atoms with E-state index in [2.05, 4.69) is 15.3 Å². The van der Waals surface area contributed by atoms with E-state index in [4.69, 9.17) is 10.3 Å². The van der Waals surface area contributed by atoms with E-state index in [0.29, 0.717) is 25.6 Å². The van der Waals surface area contributed by atoms with Gasteiger partial charge in [0.15, 0.2) is 0 Å². The van der Waals surface area contributed by atoms with Crippen LogP contribution in [0.1, 0.15) is 45.4 Å². The Morgan fingerprint density at radius 3 is 2.68 bits per heavy atom. The Labute approximate surface area is 114 Å². The Morgan fingerprint density at radius 1 is 1.42 bits per heavy atom. The Morgan fingerprint density at radius 2 is 2.11 bits per heavy atom. The number of azide groups is 1. The summed E-state index contributed by atoms with van der Waals surface area (Å²) in [5.74, 6) is 0.169. The maximum absolute atomic E-state index is 12.0. The monoisotopic (exact) mass is 268 g/mol. The van der Waals surface area contributed by atoms with Crippen molar-refractivity contribution in [3.63, 3.8) is 0 Å². The second-order valence-electron chi connectivity index (χ2n) is 4.89. The van der Waals surface area contributed by atoms with Crippen LogP contribution in [0.25, 0.3) is 10.4 Å². The van der Waals surface area contributed by atoms with Crippen LogP contribution in [-0.2, 0) is 9.53 Å². The minimum atomic E-state index is -0.257. The second-order valence-corrected chi connectivity index (χ2v) is 4.89. The van der Waals surface area contributed by atoms with E-state index in [1.807, 2.05) is 6.92 Å². The van der Waals surface area contributed by atoms with Gasteiger partial charge in [0.05, 0.1) is 6.61 Å². The maximum Gasteiger partial charge on any atom is 0.323 e. The number of rotatable bonds is 7. The number of hydrogen-bond donors (Lipinski definition) is 1. The molecule has 1 fully saturated rings. The fourth-order valence-electron chi connectivity index (χ4n) is 2.63. The summed E-state index contributed by atoms with van der Waals surface area (Å²) in [4.78, 5) is 14.7. The molecule has 6 heteroatoms. The molecule has 0 aliphatic heterocycles. The van der Waals surface area contributed by atoms with Crippen molar-refractivity contribution >= 4 is 5.97 Å². The standard InChI is InChI=1S/C13H24N4O2/c1-2-19-13(18)12(15-9-10-16-17-14)11-7-5-3-4-6-8-11/h11-12,15H,2-10H2,1H3. The van der Waals surface area contributed by atoms with Gasteiger partial charge in [-0.1, -0.05) is 30.8 Å². The summed E-state index contributed by atoms with van der Waals surface area (Å²) in [6.45, 7) is 3.10. The molecule has 0 amide bonds. The molecule has 1 rings (SSSR count). The molecule has 1 unspecified atom stereocenters. The number of ether oxygens (including phenoxy) is 1. The summed E-state index contributed by atoms with van der Waals surface area (Å²) < 4.78 is 5.15. The lowest BCUT2D eigenvalue weighted by atomic mass is 9.92. The first-order chi connectivity index (χ1) is 9.29. The lowest BCUT2D eigenvalue weighted by molar-refractivity contribution is -0.147. The highest BCUT2D eigenvalue weighted by molar-refractivity contribution is 5.76. The first-order valence-corrected chi connectivity index (χ1v) is 7.20. The van der Waals surface area contributed by atoms with Crippen molar-refractivity contribution < 1.29 is 9.53 Å². The first kappa shape index (κ1) is 15.8. The van der Waals surface area contributed by atoms with Gasteiger partial charge in [0.1, 0.15) is 6.04 Å². The molecule has 6 nitrogen and oxygen atoms in total. The molecule has 1 saturated carbocycles. The van der Waals surface area contributed by atoms with E-state index in [0.717, 1.165) is 12.8 Å². The summed E-state index contributed by atoms with van der Waals surface area (Å²) in [5.41, 5.74) is 8.25. The van der Waals surface area contributed by atoms with Gasteiger partial charge < -0.3 is 10.1 Å². The normalized spacial score (nSPS) is 18.2. The molecule has 0 aromatic rings. The molecule has 0 bridgehead atoms. The van der Waals surface area contributed by atoms with Gasteiger partial charge in [0.25, 0.3) is 0 Å². The topological polar surface area (TPSA) is 87.1 Å². The molecule has 19 heavy (non-hydrogen) atoms. The minimum Gasteiger partial charge on any atom is -0.465 e. The molecule has 1 aliphatic rings. The summed E-state index contributed by atoms with van der Waals surface area (Å²) in [6, 6.07) is -0.257. The van der Waals surface area contributed by atoms with Crippen molar-refractivity contribution in [1.29, 1.82) is 0 Å². The third kappa shape index (κ3) is 5.94. The molecular weight excluding hydrogens is 244 g/mol. The van der Waals surface area contributed by atoms with Gasteiger partial charge in [-0.3, -0.25) is 4.79 Å². The molecule has 0 aromatic carbocycles. The largest absolute Gasteiger partial charge is 0.465 e. The summed E-state index contributed by atoms with van der Waals surface area (Å²) >= 11 is 0. The van der Waals surface area contributed by atoms with Crippen LogP contribution in [0, 0.1) is 5.92 Å². The van der Waals surface area contributed by atoms with Crippen LogP contribution >= 0.6 is 0 Å². The van der Waals surface area contributed by atoms with Crippen LogP contribution in [0.15, 0.2) is 5.11 Å². The third-order valence-electron chi connectivity index (χ3n) is 3.55. The number of carbonyl (C=O) groups excluding carboxylic acids is 1. The van der Waals surface area contributed by atoms with Gasteiger partial charge in [-0.25, -0.2) is 0 Å².